The van der Waals surface area contributed by atoms with E-state index in [1.807, 2.05) is 14.1 Å². The van der Waals surface area contributed by atoms with Crippen LogP contribution in [0.2, 0.25) is 0 Å². The number of carbonyl (C=O) groups excluding carboxylic acids is 1. The molecule has 0 aromatic heterocycles. The van der Waals surface area contributed by atoms with E-state index < -0.39 is 0 Å². The Morgan fingerprint density at radius 1 is 1.11 bits per heavy atom. The Morgan fingerprint density at radius 3 is 2.32 bits per heavy atom. The molecule has 150 valence electrons. The first-order chi connectivity index (χ1) is 13.6. The van der Waals surface area contributed by atoms with Crippen LogP contribution in [0.1, 0.15) is 22.0 Å². The maximum atomic E-state index is 12.6. The van der Waals surface area contributed by atoms with Gasteiger partial charge in [-0.2, -0.15) is 0 Å². The van der Waals surface area contributed by atoms with Crippen molar-refractivity contribution < 1.29 is 14.3 Å². The Hall–Kier alpha value is -2.57. The van der Waals surface area contributed by atoms with Crippen LogP contribution in [0.25, 0.3) is 0 Å². The van der Waals surface area contributed by atoms with Crippen LogP contribution in [-0.4, -0.2) is 64.9 Å². The van der Waals surface area contributed by atoms with Crippen LogP contribution in [-0.2, 0) is 4.74 Å². The summed E-state index contributed by atoms with van der Waals surface area (Å²) in [6, 6.07) is 15.8. The quantitative estimate of drug-likeness (QED) is 0.796. The highest BCUT2D eigenvalue weighted by Gasteiger charge is 2.23. The van der Waals surface area contributed by atoms with E-state index in [-0.39, 0.29) is 11.9 Å². The normalized spacial score (nSPS) is 15.7. The van der Waals surface area contributed by atoms with Crippen LogP contribution in [0.15, 0.2) is 48.5 Å². The fourth-order valence-corrected chi connectivity index (χ4v) is 3.38. The molecule has 1 saturated heterocycles. The van der Waals surface area contributed by atoms with Crippen molar-refractivity contribution in [2.45, 2.75) is 6.04 Å². The number of hydrogen-bond acceptors (Lipinski definition) is 5. The molecule has 2 aromatic carbocycles. The van der Waals surface area contributed by atoms with Gasteiger partial charge in [0, 0.05) is 45.0 Å². The predicted molar refractivity (Wildman–Crippen MR) is 111 cm³/mol. The smallest absolute Gasteiger partial charge is 0.251 e. The van der Waals surface area contributed by atoms with E-state index in [1.165, 1.54) is 5.56 Å². The van der Waals surface area contributed by atoms with Crippen LogP contribution >= 0.6 is 0 Å². The number of amides is 1. The van der Waals surface area contributed by atoms with Crippen LogP contribution in [0.3, 0.4) is 0 Å². The number of nitrogens with zero attached hydrogens (tertiary/aromatic N) is 2. The molecule has 1 amide bonds. The number of morpholine rings is 1. The van der Waals surface area contributed by atoms with Gasteiger partial charge in [0.25, 0.3) is 5.91 Å². The third-order valence-electron chi connectivity index (χ3n) is 5.09. The zero-order valence-corrected chi connectivity index (χ0v) is 16.9. The number of rotatable bonds is 7. The van der Waals surface area contributed by atoms with Gasteiger partial charge in [0.15, 0.2) is 0 Å². The Kier molecular flexibility index (Phi) is 6.90. The number of anilines is 1. The molecule has 1 fully saturated rings. The van der Waals surface area contributed by atoms with Crippen molar-refractivity contribution in [1.29, 1.82) is 0 Å². The Labute approximate surface area is 167 Å². The lowest BCUT2D eigenvalue weighted by Gasteiger charge is -2.35. The number of ether oxygens (including phenoxy) is 2. The summed E-state index contributed by atoms with van der Waals surface area (Å²) in [5, 5.41) is 3.10. The van der Waals surface area contributed by atoms with Gasteiger partial charge >= 0.3 is 0 Å². The molecule has 0 aliphatic carbocycles. The van der Waals surface area contributed by atoms with Crippen molar-refractivity contribution in [2.75, 3.05) is 59.0 Å². The number of methoxy groups -OCH3 is 1. The molecule has 0 saturated carbocycles. The topological polar surface area (TPSA) is 54.0 Å². The fraction of sp³-hybridized carbons (Fsp3) is 0.409. The molecule has 6 heteroatoms. The lowest BCUT2D eigenvalue weighted by molar-refractivity contribution is 0.0162. The van der Waals surface area contributed by atoms with Gasteiger partial charge < -0.3 is 19.7 Å². The van der Waals surface area contributed by atoms with Crippen LogP contribution in [0, 0.1) is 0 Å². The number of benzene rings is 2. The van der Waals surface area contributed by atoms with Gasteiger partial charge in [0.05, 0.1) is 26.4 Å². The standard InChI is InChI=1S/C22H29N3O3/c1-24(2)19-8-4-17(5-9-19)21(25-12-14-28-15-13-25)16-23-22(26)18-6-10-20(27-3)11-7-18/h4-11,21H,12-16H2,1-3H3,(H,23,26). The summed E-state index contributed by atoms with van der Waals surface area (Å²) in [6.45, 7) is 3.71. The second kappa shape index (κ2) is 9.57. The number of hydrogen-bond donors (Lipinski definition) is 1. The highest BCUT2D eigenvalue weighted by molar-refractivity contribution is 5.94. The van der Waals surface area contributed by atoms with E-state index in [4.69, 9.17) is 9.47 Å². The van der Waals surface area contributed by atoms with Crippen LogP contribution in [0.5, 0.6) is 5.75 Å². The first-order valence-corrected chi connectivity index (χ1v) is 9.60. The maximum Gasteiger partial charge on any atom is 0.251 e. The summed E-state index contributed by atoms with van der Waals surface area (Å²) in [4.78, 5) is 17.1. The molecule has 2 aromatic rings. The second-order valence-corrected chi connectivity index (χ2v) is 7.09. The van der Waals surface area contributed by atoms with Crippen molar-refractivity contribution in [3.8, 4) is 5.75 Å². The molecule has 6 nitrogen and oxygen atoms in total. The van der Waals surface area contributed by atoms with Gasteiger partial charge in [-0.05, 0) is 42.0 Å². The minimum Gasteiger partial charge on any atom is -0.497 e. The van der Waals surface area contributed by atoms with Gasteiger partial charge in [0.1, 0.15) is 5.75 Å². The lowest BCUT2D eigenvalue weighted by atomic mass is 10.0. The molecule has 3 rings (SSSR count). The molecule has 0 spiro atoms. The summed E-state index contributed by atoms with van der Waals surface area (Å²) >= 11 is 0. The van der Waals surface area contributed by atoms with E-state index in [1.54, 1.807) is 31.4 Å². The fourth-order valence-electron chi connectivity index (χ4n) is 3.38. The summed E-state index contributed by atoms with van der Waals surface area (Å²) in [5.41, 5.74) is 2.98. The molecular weight excluding hydrogens is 354 g/mol. The van der Waals surface area contributed by atoms with E-state index >= 15 is 0 Å². The summed E-state index contributed by atoms with van der Waals surface area (Å²) < 4.78 is 10.7. The lowest BCUT2D eigenvalue weighted by Crippen LogP contribution is -2.43. The van der Waals surface area contributed by atoms with E-state index in [0.29, 0.717) is 12.1 Å². The first kappa shape index (κ1) is 20.2. The third-order valence-corrected chi connectivity index (χ3v) is 5.09. The molecule has 1 heterocycles. The second-order valence-electron chi connectivity index (χ2n) is 7.09. The monoisotopic (exact) mass is 383 g/mol. The Balaban J connectivity index is 1.72. The maximum absolute atomic E-state index is 12.6. The molecule has 1 atom stereocenters. The van der Waals surface area contributed by atoms with Crippen LogP contribution in [0.4, 0.5) is 5.69 Å². The highest BCUT2D eigenvalue weighted by atomic mass is 16.5. The first-order valence-electron chi connectivity index (χ1n) is 9.60. The van der Waals surface area contributed by atoms with Gasteiger partial charge in [-0.25, -0.2) is 0 Å². The van der Waals surface area contributed by atoms with Gasteiger partial charge in [-0.3, -0.25) is 9.69 Å². The predicted octanol–water partition coefficient (Wildman–Crippen LogP) is 2.56. The van der Waals surface area contributed by atoms with Crippen molar-refractivity contribution >= 4 is 11.6 Å². The van der Waals surface area contributed by atoms with E-state index in [2.05, 4.69) is 39.4 Å². The van der Waals surface area contributed by atoms with Crippen molar-refractivity contribution in [3.63, 3.8) is 0 Å². The third kappa shape index (κ3) is 5.03. The van der Waals surface area contributed by atoms with Crippen molar-refractivity contribution in [2.24, 2.45) is 0 Å². The van der Waals surface area contributed by atoms with Gasteiger partial charge in [0.2, 0.25) is 0 Å². The summed E-state index contributed by atoms with van der Waals surface area (Å²) in [7, 11) is 5.68. The molecular formula is C22H29N3O3. The molecule has 1 N–H and O–H groups in total. The van der Waals surface area contributed by atoms with Gasteiger partial charge in [-0.15, -0.1) is 0 Å². The molecule has 1 aliphatic heterocycles. The Bertz CT molecular complexity index is 754. The largest absolute Gasteiger partial charge is 0.497 e. The zero-order valence-electron chi connectivity index (χ0n) is 16.9. The average Bonchev–Trinajstić information content (AvgIpc) is 2.75. The van der Waals surface area contributed by atoms with Crippen molar-refractivity contribution in [1.82, 2.24) is 10.2 Å². The minimum absolute atomic E-state index is 0.0779. The molecule has 1 aliphatic rings. The van der Waals surface area contributed by atoms with Crippen molar-refractivity contribution in [3.05, 3.63) is 59.7 Å². The molecule has 28 heavy (non-hydrogen) atoms. The number of nitrogens with one attached hydrogen (secondary N) is 1. The highest BCUT2D eigenvalue weighted by Crippen LogP contribution is 2.24. The molecule has 0 radical (unpaired) electrons. The van der Waals surface area contributed by atoms with E-state index in [9.17, 15) is 4.79 Å². The van der Waals surface area contributed by atoms with Crippen LogP contribution < -0.4 is 15.0 Å². The summed E-state index contributed by atoms with van der Waals surface area (Å²) in [6.07, 6.45) is 0. The minimum atomic E-state index is -0.0779. The Morgan fingerprint density at radius 2 is 1.75 bits per heavy atom. The molecule has 0 bridgehead atoms. The van der Waals surface area contributed by atoms with E-state index in [0.717, 1.165) is 37.7 Å². The average molecular weight is 383 g/mol. The zero-order chi connectivity index (χ0) is 19.9. The number of carbonyl (C=O) groups is 1. The molecule has 1 unspecified atom stereocenters. The SMILES string of the molecule is COc1ccc(C(=O)NCC(c2ccc(N(C)C)cc2)N2CCOCC2)cc1. The summed E-state index contributed by atoms with van der Waals surface area (Å²) in [5.74, 6) is 0.662. The van der Waals surface area contributed by atoms with Gasteiger partial charge in [-0.1, -0.05) is 12.1 Å².